The minimum Gasteiger partial charge on any atom is -0.322 e. The number of fused-ring (bicyclic) bond motifs is 1. The maximum atomic E-state index is 13.0. The molecule has 4 aromatic rings. The second-order valence-corrected chi connectivity index (χ2v) is 11.3. The van der Waals surface area contributed by atoms with Crippen molar-refractivity contribution >= 4 is 63.5 Å². The SMILES string of the molecule is CCCCC.O=C(Nc1ccc(Cl)c(-c2ccc3ncccc3n2)c1)c1ccc(N2CCCCCS2)cc1Cl. The Balaban J connectivity index is 0.000000648. The first kappa shape index (κ1) is 29.2. The molecular formula is C31H34Cl2N4OS. The third-order valence-corrected chi connectivity index (χ3v) is 8.22. The van der Waals surface area contributed by atoms with Crippen LogP contribution in [0.3, 0.4) is 0 Å². The molecule has 2 aromatic carbocycles. The number of carbonyl (C=O) groups excluding carboxylic acids is 1. The largest absolute Gasteiger partial charge is 0.322 e. The molecule has 0 saturated carbocycles. The Labute approximate surface area is 245 Å². The average Bonchev–Trinajstić information content (AvgIpc) is 3.24. The van der Waals surface area contributed by atoms with E-state index in [2.05, 4.69) is 33.4 Å². The van der Waals surface area contributed by atoms with E-state index in [1.54, 1.807) is 24.4 Å². The third kappa shape index (κ3) is 7.87. The zero-order chi connectivity index (χ0) is 27.6. The van der Waals surface area contributed by atoms with Crippen molar-refractivity contribution in [3.8, 4) is 11.3 Å². The van der Waals surface area contributed by atoms with Gasteiger partial charge in [-0.05, 0) is 85.5 Å². The van der Waals surface area contributed by atoms with Gasteiger partial charge in [-0.1, -0.05) is 62.7 Å². The summed E-state index contributed by atoms with van der Waals surface area (Å²) in [4.78, 5) is 22.0. The lowest BCUT2D eigenvalue weighted by Crippen LogP contribution is -2.16. The first-order chi connectivity index (χ1) is 19.0. The summed E-state index contributed by atoms with van der Waals surface area (Å²) in [5.41, 5.74) is 5.09. The van der Waals surface area contributed by atoms with Crippen LogP contribution >= 0.6 is 35.1 Å². The Morgan fingerprint density at radius 1 is 0.949 bits per heavy atom. The van der Waals surface area contributed by atoms with Crippen molar-refractivity contribution < 1.29 is 4.79 Å². The topological polar surface area (TPSA) is 58.1 Å². The number of anilines is 2. The first-order valence-electron chi connectivity index (χ1n) is 13.5. The standard InChI is InChI=1S/C26H22Cl2N4OS.C5H12/c27-21-9-6-17(15-20(21)23-10-11-24-25(31-23)5-4-12-29-24)30-26(33)19-8-7-18(16-22(19)28)32-13-2-1-3-14-34-32;1-3-5-4-2/h4-12,15-16H,1-3,13-14H2,(H,30,33);3-5H2,1-2H3. The quantitative estimate of drug-likeness (QED) is 0.230. The van der Waals surface area contributed by atoms with Crippen LogP contribution in [0.25, 0.3) is 22.3 Å². The van der Waals surface area contributed by atoms with Crippen LogP contribution in [0.15, 0.2) is 66.9 Å². The molecule has 1 saturated heterocycles. The summed E-state index contributed by atoms with van der Waals surface area (Å²) < 4.78 is 2.26. The van der Waals surface area contributed by atoms with Crippen LogP contribution in [0, 0.1) is 0 Å². The fourth-order valence-electron chi connectivity index (χ4n) is 4.28. The molecule has 0 atom stereocenters. The number of hydrogen-bond acceptors (Lipinski definition) is 5. The molecular weight excluding hydrogens is 547 g/mol. The highest BCUT2D eigenvalue weighted by Crippen LogP contribution is 2.33. The smallest absolute Gasteiger partial charge is 0.257 e. The molecule has 0 spiro atoms. The van der Waals surface area contributed by atoms with Gasteiger partial charge in [-0.25, -0.2) is 4.98 Å². The second kappa shape index (κ2) is 14.5. The number of unbranched alkanes of at least 4 members (excludes halogenated alkanes) is 2. The highest BCUT2D eigenvalue weighted by atomic mass is 35.5. The van der Waals surface area contributed by atoms with Crippen molar-refractivity contribution in [1.29, 1.82) is 0 Å². The van der Waals surface area contributed by atoms with Gasteiger partial charge in [-0.3, -0.25) is 9.78 Å². The van der Waals surface area contributed by atoms with Gasteiger partial charge in [0.25, 0.3) is 5.91 Å². The van der Waals surface area contributed by atoms with Gasteiger partial charge in [-0.15, -0.1) is 0 Å². The number of amides is 1. The highest BCUT2D eigenvalue weighted by molar-refractivity contribution is 8.00. The normalized spacial score (nSPS) is 13.4. The van der Waals surface area contributed by atoms with Crippen molar-refractivity contribution in [2.24, 2.45) is 0 Å². The average molecular weight is 582 g/mol. The van der Waals surface area contributed by atoms with Crippen LogP contribution in [0.2, 0.25) is 10.0 Å². The van der Waals surface area contributed by atoms with E-state index in [1.807, 2.05) is 54.4 Å². The molecule has 1 N–H and O–H groups in total. The van der Waals surface area contributed by atoms with Crippen molar-refractivity contribution in [2.45, 2.75) is 52.4 Å². The fourth-order valence-corrected chi connectivity index (χ4v) is 5.83. The Morgan fingerprint density at radius 2 is 1.79 bits per heavy atom. The van der Waals surface area contributed by atoms with E-state index < -0.39 is 0 Å². The molecule has 1 amide bonds. The molecule has 1 fully saturated rings. The molecule has 39 heavy (non-hydrogen) atoms. The van der Waals surface area contributed by atoms with E-state index in [0.29, 0.717) is 27.0 Å². The van der Waals surface area contributed by atoms with Gasteiger partial charge in [0.15, 0.2) is 0 Å². The molecule has 0 aliphatic carbocycles. The number of benzene rings is 2. The molecule has 3 heterocycles. The first-order valence-corrected chi connectivity index (χ1v) is 15.2. The number of hydrogen-bond donors (Lipinski definition) is 1. The predicted octanol–water partition coefficient (Wildman–Crippen LogP) is 9.69. The molecule has 2 aromatic heterocycles. The van der Waals surface area contributed by atoms with Crippen molar-refractivity contribution in [3.05, 3.63) is 82.5 Å². The van der Waals surface area contributed by atoms with Crippen LogP contribution in [0.5, 0.6) is 0 Å². The Kier molecular flexibility index (Phi) is 10.9. The maximum Gasteiger partial charge on any atom is 0.257 e. The van der Waals surface area contributed by atoms with Gasteiger partial charge < -0.3 is 9.62 Å². The summed E-state index contributed by atoms with van der Waals surface area (Å²) >= 11 is 14.8. The summed E-state index contributed by atoms with van der Waals surface area (Å²) in [5, 5.41) is 3.92. The Morgan fingerprint density at radius 3 is 2.56 bits per heavy atom. The Hall–Kier alpha value is -2.80. The van der Waals surface area contributed by atoms with Crippen LogP contribution in [-0.4, -0.2) is 28.2 Å². The van der Waals surface area contributed by atoms with E-state index in [4.69, 9.17) is 23.2 Å². The maximum absolute atomic E-state index is 13.0. The molecule has 5 rings (SSSR count). The zero-order valence-electron chi connectivity index (χ0n) is 22.4. The number of carbonyl (C=O) groups is 1. The summed E-state index contributed by atoms with van der Waals surface area (Å²) in [6, 6.07) is 18.5. The van der Waals surface area contributed by atoms with E-state index in [-0.39, 0.29) is 5.91 Å². The minimum absolute atomic E-state index is 0.274. The van der Waals surface area contributed by atoms with Gasteiger partial charge >= 0.3 is 0 Å². The monoisotopic (exact) mass is 580 g/mol. The van der Waals surface area contributed by atoms with E-state index in [1.165, 1.54) is 32.1 Å². The molecule has 1 aliphatic rings. The Bertz CT molecular complexity index is 1400. The van der Waals surface area contributed by atoms with Gasteiger partial charge in [-0.2, -0.15) is 0 Å². The van der Waals surface area contributed by atoms with Crippen LogP contribution in [-0.2, 0) is 0 Å². The summed E-state index contributed by atoms with van der Waals surface area (Å²) in [6.07, 6.45) is 9.44. The predicted molar refractivity (Wildman–Crippen MR) is 168 cm³/mol. The number of pyridine rings is 2. The summed E-state index contributed by atoms with van der Waals surface area (Å²) in [5.74, 6) is 0.824. The van der Waals surface area contributed by atoms with E-state index >= 15 is 0 Å². The molecule has 8 heteroatoms. The van der Waals surface area contributed by atoms with Gasteiger partial charge in [0.1, 0.15) is 0 Å². The van der Waals surface area contributed by atoms with Crippen molar-refractivity contribution in [3.63, 3.8) is 0 Å². The van der Waals surface area contributed by atoms with E-state index in [0.717, 1.165) is 41.0 Å². The number of halogens is 2. The van der Waals surface area contributed by atoms with E-state index in [9.17, 15) is 4.79 Å². The van der Waals surface area contributed by atoms with Crippen LogP contribution in [0.1, 0.15) is 62.7 Å². The second-order valence-electron chi connectivity index (χ2n) is 9.40. The third-order valence-electron chi connectivity index (χ3n) is 6.40. The molecule has 5 nitrogen and oxygen atoms in total. The summed E-state index contributed by atoms with van der Waals surface area (Å²) in [7, 11) is 0. The lowest BCUT2D eigenvalue weighted by Gasteiger charge is -2.21. The van der Waals surface area contributed by atoms with Gasteiger partial charge in [0.2, 0.25) is 0 Å². The number of rotatable bonds is 6. The fraction of sp³-hybridized carbons (Fsp3) is 0.323. The molecule has 0 bridgehead atoms. The lowest BCUT2D eigenvalue weighted by molar-refractivity contribution is 0.102. The zero-order valence-corrected chi connectivity index (χ0v) is 24.8. The van der Waals surface area contributed by atoms with Crippen molar-refractivity contribution in [1.82, 2.24) is 9.97 Å². The lowest BCUT2D eigenvalue weighted by atomic mass is 10.1. The van der Waals surface area contributed by atoms with Gasteiger partial charge in [0.05, 0.1) is 32.3 Å². The van der Waals surface area contributed by atoms with Gasteiger partial charge in [0, 0.05) is 35.4 Å². The minimum atomic E-state index is -0.274. The van der Waals surface area contributed by atoms with Crippen LogP contribution in [0.4, 0.5) is 11.4 Å². The highest BCUT2D eigenvalue weighted by Gasteiger charge is 2.16. The molecule has 204 valence electrons. The summed E-state index contributed by atoms with van der Waals surface area (Å²) in [6.45, 7) is 5.41. The van der Waals surface area contributed by atoms with Crippen LogP contribution < -0.4 is 9.62 Å². The number of nitrogens with zero attached hydrogens (tertiary/aromatic N) is 3. The van der Waals surface area contributed by atoms with Crippen molar-refractivity contribution in [2.75, 3.05) is 21.9 Å². The number of aromatic nitrogens is 2. The molecule has 0 unspecified atom stereocenters. The number of nitrogens with one attached hydrogen (secondary N) is 1. The molecule has 0 radical (unpaired) electrons. The molecule has 1 aliphatic heterocycles.